The Labute approximate surface area is 276 Å². The first-order valence-corrected chi connectivity index (χ1v) is 15.6. The van der Waals surface area contributed by atoms with Gasteiger partial charge in [0.05, 0.1) is 21.8 Å². The number of imidazole rings is 1. The predicted octanol–water partition coefficient (Wildman–Crippen LogP) is 7.18. The number of aromatic nitrogens is 2. The molecule has 10 nitrogen and oxygen atoms in total. The number of alkyl halides is 3. The minimum Gasteiger partial charge on any atom is -0.486 e. The van der Waals surface area contributed by atoms with E-state index in [2.05, 4.69) is 20.9 Å². The molecule has 1 fully saturated rings. The zero-order valence-electron chi connectivity index (χ0n) is 25.3. The van der Waals surface area contributed by atoms with E-state index in [1.54, 1.807) is 30.3 Å². The summed E-state index contributed by atoms with van der Waals surface area (Å²) in [5.74, 6) is 2.08. The smallest absolute Gasteiger partial charge is 0.416 e. The number of benzene rings is 4. The monoisotopic (exact) mass is 675 g/mol. The summed E-state index contributed by atoms with van der Waals surface area (Å²) in [6.45, 7) is 0.264. The van der Waals surface area contributed by atoms with E-state index in [0.717, 1.165) is 40.5 Å². The quantitative estimate of drug-likeness (QED) is 0.143. The summed E-state index contributed by atoms with van der Waals surface area (Å²) in [6.07, 6.45) is -3.97. The molecule has 2 heterocycles. The van der Waals surface area contributed by atoms with E-state index in [-0.39, 0.29) is 24.3 Å². The van der Waals surface area contributed by atoms with Gasteiger partial charge in [-0.1, -0.05) is 42.1 Å². The van der Waals surface area contributed by atoms with Crippen molar-refractivity contribution >= 4 is 45.7 Å². The summed E-state index contributed by atoms with van der Waals surface area (Å²) in [5, 5.41) is 6.87. The lowest BCUT2D eigenvalue weighted by molar-refractivity contribution is -0.137. The molecule has 1 unspecified atom stereocenters. The van der Waals surface area contributed by atoms with Crippen molar-refractivity contribution in [1.82, 2.24) is 20.2 Å². The number of rotatable bonds is 10. The van der Waals surface area contributed by atoms with Crippen LogP contribution in [0.3, 0.4) is 0 Å². The second-order valence-electron chi connectivity index (χ2n) is 10.9. The summed E-state index contributed by atoms with van der Waals surface area (Å²) in [6, 6.07) is 23.7. The number of halogens is 3. The summed E-state index contributed by atoms with van der Waals surface area (Å²) in [5.41, 5.74) is 2.72. The van der Waals surface area contributed by atoms with Gasteiger partial charge in [0.1, 0.15) is 29.7 Å². The Morgan fingerprint density at radius 2 is 1.65 bits per heavy atom. The van der Waals surface area contributed by atoms with Gasteiger partial charge in [-0.15, -0.1) is 0 Å². The molecule has 1 atom stereocenters. The fraction of sp³-hybridized carbons (Fsp3) is 0.176. The number of urea groups is 1. The number of ether oxygens (including phenoxy) is 2. The van der Waals surface area contributed by atoms with Crippen molar-refractivity contribution in [3.05, 3.63) is 114 Å². The first-order valence-electron chi connectivity index (χ1n) is 14.7. The number of fused-ring (bicyclic) bond motifs is 1. The van der Waals surface area contributed by atoms with Crippen molar-refractivity contribution < 1.29 is 37.0 Å². The average molecular weight is 676 g/mol. The Kier molecular flexibility index (Phi) is 9.26. The van der Waals surface area contributed by atoms with Crippen molar-refractivity contribution in [1.29, 1.82) is 0 Å². The number of anilines is 1. The summed E-state index contributed by atoms with van der Waals surface area (Å²) < 4.78 is 52.2. The standard InChI is InChI=1S/C34H28F3N5O5S/c1-42-28-17-26(47-25-4-2-3-23(16-25)39-32(44)38-18-21-5-9-22(10-6-21)34(35,36)37)13-14-27(28)40-30(42)19-46-24-11-7-20(8-12-24)15-29-31(43)41-33(45)48-29/h2-14,16-17,29H,15,18-19H2,1H3,(H2,38,39,44)(H,41,43,45). The molecule has 14 heteroatoms. The maximum Gasteiger partial charge on any atom is 0.416 e. The first-order chi connectivity index (χ1) is 23.0. The Balaban J connectivity index is 1.03. The van der Waals surface area contributed by atoms with Gasteiger partial charge in [0.2, 0.25) is 5.91 Å². The number of hydrogen-bond donors (Lipinski definition) is 3. The fourth-order valence-corrected chi connectivity index (χ4v) is 5.83. The van der Waals surface area contributed by atoms with Crippen molar-refractivity contribution in [3.63, 3.8) is 0 Å². The minimum atomic E-state index is -4.42. The topological polar surface area (TPSA) is 124 Å². The molecular formula is C34H28F3N5O5S. The van der Waals surface area contributed by atoms with Crippen LogP contribution in [0.2, 0.25) is 0 Å². The van der Waals surface area contributed by atoms with E-state index in [4.69, 9.17) is 9.47 Å². The largest absolute Gasteiger partial charge is 0.486 e. The van der Waals surface area contributed by atoms with Crippen LogP contribution < -0.4 is 25.4 Å². The maximum atomic E-state index is 12.8. The zero-order chi connectivity index (χ0) is 33.8. The van der Waals surface area contributed by atoms with E-state index in [0.29, 0.717) is 40.7 Å². The molecule has 6 rings (SSSR count). The van der Waals surface area contributed by atoms with Gasteiger partial charge in [0, 0.05) is 31.4 Å². The Hall–Kier alpha value is -5.50. The van der Waals surface area contributed by atoms with Gasteiger partial charge < -0.3 is 24.7 Å². The number of carbonyl (C=O) groups is 3. The maximum absolute atomic E-state index is 12.8. The second-order valence-corrected chi connectivity index (χ2v) is 12.1. The predicted molar refractivity (Wildman–Crippen MR) is 174 cm³/mol. The number of nitrogens with zero attached hydrogens (tertiary/aromatic N) is 2. The number of thioether (sulfide) groups is 1. The van der Waals surface area contributed by atoms with Gasteiger partial charge in [0.15, 0.2) is 0 Å². The molecule has 1 aliphatic rings. The molecule has 1 aromatic heterocycles. The molecule has 0 aliphatic carbocycles. The van der Waals surface area contributed by atoms with Crippen molar-refractivity contribution in [2.45, 2.75) is 31.0 Å². The van der Waals surface area contributed by atoms with Gasteiger partial charge in [-0.2, -0.15) is 13.2 Å². The van der Waals surface area contributed by atoms with Crippen LogP contribution >= 0.6 is 11.8 Å². The SMILES string of the molecule is Cn1c(COc2ccc(CC3SC(=O)NC3=O)cc2)nc2ccc(Oc3cccc(NC(=O)NCc4ccc(C(F)(F)F)cc4)c3)cc21. The van der Waals surface area contributed by atoms with Crippen LogP contribution in [-0.4, -0.2) is 32.0 Å². The Morgan fingerprint density at radius 3 is 2.35 bits per heavy atom. The molecule has 5 aromatic rings. The van der Waals surface area contributed by atoms with Crippen LogP contribution in [0.15, 0.2) is 91.0 Å². The van der Waals surface area contributed by atoms with Crippen molar-refractivity contribution in [2.75, 3.05) is 5.32 Å². The van der Waals surface area contributed by atoms with Crippen LogP contribution in [0, 0.1) is 0 Å². The molecule has 0 spiro atoms. The lowest BCUT2D eigenvalue weighted by Crippen LogP contribution is -2.28. The third kappa shape index (κ3) is 7.89. The van der Waals surface area contributed by atoms with Crippen LogP contribution in [0.25, 0.3) is 11.0 Å². The Bertz CT molecular complexity index is 1980. The number of hydrogen-bond acceptors (Lipinski definition) is 7. The number of aryl methyl sites for hydroxylation is 1. The minimum absolute atomic E-state index is 0.0508. The van der Waals surface area contributed by atoms with Gasteiger partial charge in [-0.3, -0.25) is 14.9 Å². The summed E-state index contributed by atoms with van der Waals surface area (Å²) in [7, 11) is 1.88. The highest BCUT2D eigenvalue weighted by Crippen LogP contribution is 2.30. The van der Waals surface area contributed by atoms with Gasteiger partial charge in [-0.05, 0) is 66.1 Å². The van der Waals surface area contributed by atoms with Gasteiger partial charge in [-0.25, -0.2) is 9.78 Å². The lowest BCUT2D eigenvalue weighted by Gasteiger charge is -2.11. The number of imide groups is 1. The van der Waals surface area contributed by atoms with E-state index in [1.165, 1.54) is 12.1 Å². The zero-order valence-corrected chi connectivity index (χ0v) is 26.2. The molecule has 246 valence electrons. The molecule has 4 aromatic carbocycles. The third-order valence-electron chi connectivity index (χ3n) is 7.49. The highest BCUT2D eigenvalue weighted by Gasteiger charge is 2.31. The van der Waals surface area contributed by atoms with Crippen LogP contribution in [0.4, 0.5) is 28.4 Å². The van der Waals surface area contributed by atoms with Crippen LogP contribution in [0.5, 0.6) is 17.2 Å². The number of nitrogens with one attached hydrogen (secondary N) is 3. The van der Waals surface area contributed by atoms with Crippen molar-refractivity contribution in [2.24, 2.45) is 7.05 Å². The number of carbonyl (C=O) groups excluding carboxylic acids is 3. The van der Waals surface area contributed by atoms with E-state index < -0.39 is 23.0 Å². The number of amides is 4. The molecule has 4 amide bonds. The second kappa shape index (κ2) is 13.7. The average Bonchev–Trinajstić information content (AvgIpc) is 3.55. The molecule has 48 heavy (non-hydrogen) atoms. The normalized spacial score (nSPS) is 14.5. The fourth-order valence-electron chi connectivity index (χ4n) is 4.97. The van der Waals surface area contributed by atoms with E-state index in [1.807, 2.05) is 48.0 Å². The molecule has 0 radical (unpaired) electrons. The Morgan fingerprint density at radius 1 is 0.938 bits per heavy atom. The third-order valence-corrected chi connectivity index (χ3v) is 8.47. The molecule has 3 N–H and O–H groups in total. The molecule has 1 saturated heterocycles. The van der Waals surface area contributed by atoms with E-state index in [9.17, 15) is 27.6 Å². The lowest BCUT2D eigenvalue weighted by atomic mass is 10.1. The van der Waals surface area contributed by atoms with E-state index >= 15 is 0 Å². The van der Waals surface area contributed by atoms with Crippen LogP contribution in [-0.2, 0) is 37.6 Å². The van der Waals surface area contributed by atoms with Crippen LogP contribution in [0.1, 0.15) is 22.5 Å². The summed E-state index contributed by atoms with van der Waals surface area (Å²) >= 11 is 0.998. The summed E-state index contributed by atoms with van der Waals surface area (Å²) in [4.78, 5) is 40.3. The molecule has 1 aliphatic heterocycles. The van der Waals surface area contributed by atoms with Gasteiger partial charge >= 0.3 is 12.2 Å². The first kappa shape index (κ1) is 32.4. The molecule has 0 saturated carbocycles. The van der Waals surface area contributed by atoms with Crippen molar-refractivity contribution in [3.8, 4) is 17.2 Å². The highest BCUT2D eigenvalue weighted by molar-refractivity contribution is 8.15. The highest BCUT2D eigenvalue weighted by atomic mass is 32.2. The molecule has 0 bridgehead atoms. The van der Waals surface area contributed by atoms with Gasteiger partial charge in [0.25, 0.3) is 5.24 Å². The molecular weight excluding hydrogens is 647 g/mol.